The van der Waals surface area contributed by atoms with Crippen LogP contribution in [0.3, 0.4) is 0 Å². The second kappa shape index (κ2) is 6.09. The van der Waals surface area contributed by atoms with Crippen LogP contribution in [0.2, 0.25) is 0 Å². The van der Waals surface area contributed by atoms with E-state index in [0.29, 0.717) is 5.92 Å². The molecule has 1 saturated carbocycles. The first kappa shape index (κ1) is 13.2. The zero-order valence-electron chi connectivity index (χ0n) is 10.6. The quantitative estimate of drug-likeness (QED) is 0.804. The van der Waals surface area contributed by atoms with E-state index in [1.807, 2.05) is 12.1 Å². The Balaban J connectivity index is 2.19. The van der Waals surface area contributed by atoms with Gasteiger partial charge in [-0.15, -0.1) is 0 Å². The molecule has 5 heteroatoms. The lowest BCUT2D eigenvalue weighted by molar-refractivity contribution is 0.221. The van der Waals surface area contributed by atoms with Crippen LogP contribution in [-0.2, 0) is 0 Å². The summed E-state index contributed by atoms with van der Waals surface area (Å²) in [6.07, 6.45) is 6.91. The number of primary amides is 1. The van der Waals surface area contributed by atoms with E-state index in [1.54, 1.807) is 16.7 Å². The Kier molecular flexibility index (Phi) is 4.47. The summed E-state index contributed by atoms with van der Waals surface area (Å²) in [5.74, 6) is 1.46. The highest BCUT2D eigenvalue weighted by Crippen LogP contribution is 2.46. The summed E-state index contributed by atoms with van der Waals surface area (Å²) >= 11 is 1.54. The van der Waals surface area contributed by atoms with Crippen LogP contribution in [0.5, 0.6) is 0 Å². The van der Waals surface area contributed by atoms with Crippen molar-refractivity contribution in [2.75, 3.05) is 5.75 Å². The topological polar surface area (TPSA) is 59.2 Å². The Morgan fingerprint density at radius 1 is 1.56 bits per heavy atom. The Bertz CT molecular complexity index is 394. The average Bonchev–Trinajstić information content (AvgIpc) is 3.19. The van der Waals surface area contributed by atoms with Gasteiger partial charge in [0.15, 0.2) is 0 Å². The van der Waals surface area contributed by atoms with Crippen LogP contribution in [0.15, 0.2) is 24.5 Å². The molecule has 0 aliphatic heterocycles. The zero-order valence-corrected chi connectivity index (χ0v) is 11.4. The lowest BCUT2D eigenvalue weighted by Crippen LogP contribution is -2.35. The molecule has 2 rings (SSSR count). The maximum absolute atomic E-state index is 11.7. The van der Waals surface area contributed by atoms with Gasteiger partial charge in [0.05, 0.1) is 6.04 Å². The van der Waals surface area contributed by atoms with Gasteiger partial charge in [-0.25, -0.2) is 4.79 Å². The molecule has 1 aromatic rings. The summed E-state index contributed by atoms with van der Waals surface area (Å²) in [6.45, 7) is 2.10. The molecule has 2 N–H and O–H groups in total. The lowest BCUT2D eigenvalue weighted by Gasteiger charge is -2.29. The Morgan fingerprint density at radius 3 is 2.72 bits per heavy atom. The lowest BCUT2D eigenvalue weighted by atomic mass is 10.0. The van der Waals surface area contributed by atoms with Gasteiger partial charge in [0, 0.05) is 18.1 Å². The Labute approximate surface area is 112 Å². The standard InChI is InChI=1S/C13H19N3OS/c1-2-9-18-16(13(14)17)12(10-3-4-10)11-5-7-15-8-6-11/h5-8,10,12H,2-4,9H2,1H3,(H2,14,17). The molecule has 1 aromatic heterocycles. The molecule has 98 valence electrons. The van der Waals surface area contributed by atoms with Crippen LogP contribution in [-0.4, -0.2) is 21.1 Å². The third kappa shape index (κ3) is 3.16. The highest BCUT2D eigenvalue weighted by Gasteiger charge is 2.38. The van der Waals surface area contributed by atoms with Crippen LogP contribution in [0.1, 0.15) is 37.8 Å². The molecule has 0 spiro atoms. The summed E-state index contributed by atoms with van der Waals surface area (Å²) in [7, 11) is 0. The highest BCUT2D eigenvalue weighted by atomic mass is 32.2. The fourth-order valence-electron chi connectivity index (χ4n) is 2.04. The predicted octanol–water partition coefficient (Wildman–Crippen LogP) is 2.97. The van der Waals surface area contributed by atoms with E-state index < -0.39 is 0 Å². The highest BCUT2D eigenvalue weighted by molar-refractivity contribution is 7.97. The molecule has 0 aromatic carbocycles. The number of amides is 2. The molecule has 1 atom stereocenters. The largest absolute Gasteiger partial charge is 0.351 e. The van der Waals surface area contributed by atoms with E-state index in [2.05, 4.69) is 11.9 Å². The number of pyridine rings is 1. The molecule has 0 radical (unpaired) electrons. The monoisotopic (exact) mass is 265 g/mol. The van der Waals surface area contributed by atoms with E-state index in [1.165, 1.54) is 24.8 Å². The predicted molar refractivity (Wildman–Crippen MR) is 73.9 cm³/mol. The minimum absolute atomic E-state index is 0.0991. The van der Waals surface area contributed by atoms with E-state index in [4.69, 9.17) is 5.73 Å². The van der Waals surface area contributed by atoms with Crippen molar-refractivity contribution in [3.8, 4) is 0 Å². The van der Waals surface area contributed by atoms with Gasteiger partial charge >= 0.3 is 6.03 Å². The fraction of sp³-hybridized carbons (Fsp3) is 0.538. The number of nitrogens with two attached hydrogens (primary N) is 1. The first-order chi connectivity index (χ1) is 8.74. The third-order valence-electron chi connectivity index (χ3n) is 3.02. The number of carbonyl (C=O) groups excluding carboxylic acids is 1. The number of urea groups is 1. The van der Waals surface area contributed by atoms with Gasteiger partial charge in [0.25, 0.3) is 0 Å². The van der Waals surface area contributed by atoms with Gasteiger partial charge in [-0.05, 0) is 54.8 Å². The van der Waals surface area contributed by atoms with E-state index in [9.17, 15) is 4.79 Å². The molecule has 18 heavy (non-hydrogen) atoms. The maximum Gasteiger partial charge on any atom is 0.325 e. The van der Waals surface area contributed by atoms with Crippen molar-refractivity contribution in [3.05, 3.63) is 30.1 Å². The Hall–Kier alpha value is -1.23. The number of rotatable bonds is 6. The minimum atomic E-state index is -0.345. The molecule has 1 heterocycles. The first-order valence-corrected chi connectivity index (χ1v) is 7.29. The summed E-state index contributed by atoms with van der Waals surface area (Å²) < 4.78 is 1.75. The van der Waals surface area contributed by atoms with Crippen molar-refractivity contribution in [3.63, 3.8) is 0 Å². The molecule has 1 fully saturated rings. The maximum atomic E-state index is 11.7. The van der Waals surface area contributed by atoms with E-state index >= 15 is 0 Å². The Morgan fingerprint density at radius 2 is 2.22 bits per heavy atom. The van der Waals surface area contributed by atoms with Crippen molar-refractivity contribution in [2.24, 2.45) is 11.7 Å². The van der Waals surface area contributed by atoms with Gasteiger partial charge in [-0.3, -0.25) is 9.29 Å². The number of carbonyl (C=O) groups is 1. The number of hydrogen-bond acceptors (Lipinski definition) is 3. The summed E-state index contributed by atoms with van der Waals surface area (Å²) in [5, 5.41) is 0. The molecule has 2 amide bonds. The van der Waals surface area contributed by atoms with Gasteiger partial charge in [0.1, 0.15) is 0 Å². The zero-order chi connectivity index (χ0) is 13.0. The molecular formula is C13H19N3OS. The van der Waals surface area contributed by atoms with Crippen LogP contribution in [0.25, 0.3) is 0 Å². The minimum Gasteiger partial charge on any atom is -0.351 e. The molecule has 0 bridgehead atoms. The normalized spacial score (nSPS) is 16.3. The third-order valence-corrected chi connectivity index (χ3v) is 4.30. The molecule has 4 nitrogen and oxygen atoms in total. The van der Waals surface area contributed by atoms with E-state index in [-0.39, 0.29) is 12.1 Å². The van der Waals surface area contributed by atoms with Crippen molar-refractivity contribution >= 4 is 18.0 Å². The molecule has 1 aliphatic rings. The average molecular weight is 265 g/mol. The summed E-state index contributed by atoms with van der Waals surface area (Å²) in [4.78, 5) is 15.7. The molecule has 1 unspecified atom stereocenters. The van der Waals surface area contributed by atoms with Crippen molar-refractivity contribution in [1.82, 2.24) is 9.29 Å². The SMILES string of the molecule is CCCSN(C(N)=O)C(c1ccncc1)C1CC1. The van der Waals surface area contributed by atoms with Crippen molar-refractivity contribution < 1.29 is 4.79 Å². The van der Waals surface area contributed by atoms with Crippen LogP contribution < -0.4 is 5.73 Å². The number of nitrogens with zero attached hydrogens (tertiary/aromatic N) is 2. The summed E-state index contributed by atoms with van der Waals surface area (Å²) in [5.41, 5.74) is 6.67. The van der Waals surface area contributed by atoms with Gasteiger partial charge in [-0.1, -0.05) is 6.92 Å². The molecule has 1 aliphatic carbocycles. The molecule has 0 saturated heterocycles. The molecular weight excluding hydrogens is 246 g/mol. The van der Waals surface area contributed by atoms with E-state index in [0.717, 1.165) is 17.7 Å². The van der Waals surface area contributed by atoms with Gasteiger partial charge in [-0.2, -0.15) is 0 Å². The van der Waals surface area contributed by atoms with Crippen molar-refractivity contribution in [1.29, 1.82) is 0 Å². The second-order valence-electron chi connectivity index (χ2n) is 4.56. The van der Waals surface area contributed by atoms with Crippen LogP contribution in [0, 0.1) is 5.92 Å². The van der Waals surface area contributed by atoms with Crippen LogP contribution >= 0.6 is 11.9 Å². The first-order valence-electron chi connectivity index (χ1n) is 6.35. The fourth-order valence-corrected chi connectivity index (χ4v) is 3.00. The van der Waals surface area contributed by atoms with Gasteiger partial charge in [0.2, 0.25) is 0 Å². The van der Waals surface area contributed by atoms with Crippen molar-refractivity contribution in [2.45, 2.75) is 32.2 Å². The number of aromatic nitrogens is 1. The van der Waals surface area contributed by atoms with Crippen LogP contribution in [0.4, 0.5) is 4.79 Å². The number of hydrogen-bond donors (Lipinski definition) is 1. The summed E-state index contributed by atoms with van der Waals surface area (Å²) in [6, 6.07) is 3.71. The van der Waals surface area contributed by atoms with Gasteiger partial charge < -0.3 is 5.73 Å². The smallest absolute Gasteiger partial charge is 0.325 e. The second-order valence-corrected chi connectivity index (χ2v) is 5.62.